The Hall–Kier alpha value is -1.44. The topological polar surface area (TPSA) is 42.2 Å². The normalized spacial score (nSPS) is 26.9. The Balaban J connectivity index is 1.95. The summed E-state index contributed by atoms with van der Waals surface area (Å²) in [5, 5.41) is 8.80. The van der Waals surface area contributed by atoms with E-state index in [1.807, 2.05) is 19.9 Å². The highest BCUT2D eigenvalue weighted by atomic mass is 19.1. The van der Waals surface area contributed by atoms with Crippen LogP contribution in [-0.4, -0.2) is 18.3 Å². The number of nitrogens with zero attached hydrogens (tertiary/aromatic N) is 1. The van der Waals surface area contributed by atoms with E-state index in [0.29, 0.717) is 17.7 Å². The van der Waals surface area contributed by atoms with E-state index in [2.05, 4.69) is 0 Å². The lowest BCUT2D eigenvalue weighted by Crippen LogP contribution is -2.34. The maximum absolute atomic E-state index is 13.3. The molecule has 1 aliphatic rings. The van der Waals surface area contributed by atoms with Gasteiger partial charge in [-0.3, -0.25) is 0 Å². The summed E-state index contributed by atoms with van der Waals surface area (Å²) < 4.78 is 24.7. The molecule has 1 fully saturated rings. The molecule has 102 valence electrons. The zero-order chi connectivity index (χ0) is 13.8. The summed E-state index contributed by atoms with van der Waals surface area (Å²) in [6.07, 6.45) is 2.22. The van der Waals surface area contributed by atoms with Crippen molar-refractivity contribution < 1.29 is 13.9 Å². The number of hydrogen-bond donors (Lipinski definition) is 0. The quantitative estimate of drug-likeness (QED) is 0.841. The number of ether oxygens (including phenoxy) is 2. The van der Waals surface area contributed by atoms with Crippen LogP contribution in [0.1, 0.15) is 37.8 Å². The lowest BCUT2D eigenvalue weighted by molar-refractivity contribution is -0.106. The third-order valence-electron chi connectivity index (χ3n) is 3.23. The van der Waals surface area contributed by atoms with E-state index in [4.69, 9.17) is 14.7 Å². The molecule has 0 aromatic heterocycles. The standard InChI is InChI=1S/C15H18FNO2/c1-10-3-15(4-11(2)19-10)18-9-13-5-12(8-17)6-14(16)7-13/h5-7,10-11,15H,3-4,9H2,1-2H3. The molecule has 2 unspecified atom stereocenters. The molecule has 2 rings (SSSR count). The van der Waals surface area contributed by atoms with Crippen LogP contribution in [0.25, 0.3) is 0 Å². The van der Waals surface area contributed by atoms with E-state index in [0.717, 1.165) is 12.8 Å². The van der Waals surface area contributed by atoms with Crippen molar-refractivity contribution in [2.24, 2.45) is 0 Å². The van der Waals surface area contributed by atoms with Crippen molar-refractivity contribution in [2.75, 3.05) is 0 Å². The lowest BCUT2D eigenvalue weighted by Gasteiger charge is -2.32. The predicted octanol–water partition coefficient (Wildman–Crippen LogP) is 3.17. The molecule has 1 aliphatic heterocycles. The van der Waals surface area contributed by atoms with Crippen molar-refractivity contribution >= 4 is 0 Å². The molecule has 0 radical (unpaired) electrons. The zero-order valence-corrected chi connectivity index (χ0v) is 11.2. The van der Waals surface area contributed by atoms with Gasteiger partial charge in [-0.1, -0.05) is 0 Å². The summed E-state index contributed by atoms with van der Waals surface area (Å²) in [6, 6.07) is 6.24. The fourth-order valence-corrected chi connectivity index (χ4v) is 2.49. The molecule has 1 aromatic rings. The second kappa shape index (κ2) is 6.14. The van der Waals surface area contributed by atoms with E-state index in [1.54, 1.807) is 6.07 Å². The SMILES string of the molecule is CC1CC(OCc2cc(F)cc(C#N)c2)CC(C)O1. The molecular formula is C15H18FNO2. The molecule has 0 N–H and O–H groups in total. The minimum atomic E-state index is -0.397. The Morgan fingerprint density at radius 2 is 2.00 bits per heavy atom. The molecule has 1 heterocycles. The van der Waals surface area contributed by atoms with Crippen LogP contribution in [-0.2, 0) is 16.1 Å². The van der Waals surface area contributed by atoms with E-state index in [1.165, 1.54) is 12.1 Å². The minimum Gasteiger partial charge on any atom is -0.375 e. The highest BCUT2D eigenvalue weighted by Gasteiger charge is 2.24. The van der Waals surface area contributed by atoms with Crippen LogP contribution in [0.4, 0.5) is 4.39 Å². The van der Waals surface area contributed by atoms with Gasteiger partial charge >= 0.3 is 0 Å². The van der Waals surface area contributed by atoms with Gasteiger partial charge in [-0.05, 0) is 50.5 Å². The maximum atomic E-state index is 13.3. The molecule has 19 heavy (non-hydrogen) atoms. The minimum absolute atomic E-state index is 0.132. The van der Waals surface area contributed by atoms with Crippen LogP contribution in [0.15, 0.2) is 18.2 Å². The summed E-state index contributed by atoms with van der Waals surface area (Å²) in [7, 11) is 0. The lowest BCUT2D eigenvalue weighted by atomic mass is 10.0. The van der Waals surface area contributed by atoms with Gasteiger partial charge in [-0.15, -0.1) is 0 Å². The largest absolute Gasteiger partial charge is 0.375 e. The van der Waals surface area contributed by atoms with Crippen molar-refractivity contribution in [3.8, 4) is 6.07 Å². The highest BCUT2D eigenvalue weighted by molar-refractivity contribution is 5.33. The summed E-state index contributed by atoms with van der Waals surface area (Å²) >= 11 is 0. The van der Waals surface area contributed by atoms with Gasteiger partial charge in [0.25, 0.3) is 0 Å². The number of halogens is 1. The first-order valence-corrected chi connectivity index (χ1v) is 6.53. The Kier molecular flexibility index (Phi) is 4.52. The molecule has 0 spiro atoms. The van der Waals surface area contributed by atoms with E-state index < -0.39 is 5.82 Å². The Labute approximate surface area is 112 Å². The first kappa shape index (κ1) is 14.0. The highest BCUT2D eigenvalue weighted by Crippen LogP contribution is 2.22. The molecule has 0 saturated carbocycles. The fraction of sp³-hybridized carbons (Fsp3) is 0.533. The third-order valence-corrected chi connectivity index (χ3v) is 3.23. The average molecular weight is 263 g/mol. The van der Waals surface area contributed by atoms with Crippen LogP contribution < -0.4 is 0 Å². The fourth-order valence-electron chi connectivity index (χ4n) is 2.49. The van der Waals surface area contributed by atoms with Crippen LogP contribution in [0.2, 0.25) is 0 Å². The molecule has 3 nitrogen and oxygen atoms in total. The van der Waals surface area contributed by atoms with Gasteiger partial charge in [-0.2, -0.15) is 5.26 Å². The monoisotopic (exact) mass is 263 g/mol. The van der Waals surface area contributed by atoms with Gasteiger partial charge in [0.2, 0.25) is 0 Å². The molecular weight excluding hydrogens is 245 g/mol. The molecule has 0 amide bonds. The number of rotatable bonds is 3. The van der Waals surface area contributed by atoms with Gasteiger partial charge in [0.15, 0.2) is 0 Å². The smallest absolute Gasteiger partial charge is 0.124 e. The third kappa shape index (κ3) is 4.02. The van der Waals surface area contributed by atoms with Crippen molar-refractivity contribution in [1.29, 1.82) is 5.26 Å². The zero-order valence-electron chi connectivity index (χ0n) is 11.2. The molecule has 4 heteroatoms. The first-order valence-electron chi connectivity index (χ1n) is 6.53. The van der Waals surface area contributed by atoms with Gasteiger partial charge in [-0.25, -0.2) is 4.39 Å². The molecule has 0 bridgehead atoms. The van der Waals surface area contributed by atoms with Crippen LogP contribution in [0.3, 0.4) is 0 Å². The summed E-state index contributed by atoms with van der Waals surface area (Å²) in [6.45, 7) is 4.39. The van der Waals surface area contributed by atoms with Crippen LogP contribution >= 0.6 is 0 Å². The predicted molar refractivity (Wildman–Crippen MR) is 68.9 cm³/mol. The molecule has 0 aliphatic carbocycles. The van der Waals surface area contributed by atoms with E-state index in [-0.39, 0.29) is 18.3 Å². The number of hydrogen-bond acceptors (Lipinski definition) is 3. The second-order valence-electron chi connectivity index (χ2n) is 5.12. The molecule has 1 saturated heterocycles. The molecule has 1 aromatic carbocycles. The maximum Gasteiger partial charge on any atom is 0.124 e. The summed E-state index contributed by atoms with van der Waals surface area (Å²) in [5.74, 6) is -0.397. The summed E-state index contributed by atoms with van der Waals surface area (Å²) in [5.41, 5.74) is 1.02. The van der Waals surface area contributed by atoms with Gasteiger partial charge in [0.05, 0.1) is 36.6 Å². The van der Waals surface area contributed by atoms with Crippen molar-refractivity contribution in [3.05, 3.63) is 35.1 Å². The first-order chi connectivity index (χ1) is 9.06. The van der Waals surface area contributed by atoms with E-state index >= 15 is 0 Å². The van der Waals surface area contributed by atoms with E-state index in [9.17, 15) is 4.39 Å². The summed E-state index contributed by atoms with van der Waals surface area (Å²) in [4.78, 5) is 0. The van der Waals surface area contributed by atoms with Crippen molar-refractivity contribution in [3.63, 3.8) is 0 Å². The number of benzene rings is 1. The van der Waals surface area contributed by atoms with Crippen LogP contribution in [0.5, 0.6) is 0 Å². The van der Waals surface area contributed by atoms with Crippen molar-refractivity contribution in [1.82, 2.24) is 0 Å². The Bertz CT molecular complexity index is 474. The Morgan fingerprint density at radius 1 is 1.32 bits per heavy atom. The molecule has 2 atom stereocenters. The second-order valence-corrected chi connectivity index (χ2v) is 5.12. The van der Waals surface area contributed by atoms with Crippen LogP contribution in [0, 0.1) is 17.1 Å². The van der Waals surface area contributed by atoms with Gasteiger partial charge in [0.1, 0.15) is 5.82 Å². The Morgan fingerprint density at radius 3 is 2.63 bits per heavy atom. The number of nitriles is 1. The van der Waals surface area contributed by atoms with Gasteiger partial charge in [0, 0.05) is 0 Å². The van der Waals surface area contributed by atoms with Crippen molar-refractivity contribution in [2.45, 2.75) is 51.6 Å². The van der Waals surface area contributed by atoms with Gasteiger partial charge < -0.3 is 9.47 Å². The average Bonchev–Trinajstić information content (AvgIpc) is 2.34.